The van der Waals surface area contributed by atoms with Crippen molar-refractivity contribution in [1.82, 2.24) is 4.90 Å². The summed E-state index contributed by atoms with van der Waals surface area (Å²) in [7, 11) is 0. The smallest absolute Gasteiger partial charge is 0.245 e. The van der Waals surface area contributed by atoms with Crippen LogP contribution in [0, 0.1) is 17.8 Å². The molecular formula is C10H15NO. The molecule has 2 atom stereocenters. The predicted molar refractivity (Wildman–Crippen MR) is 47.5 cm³/mol. The van der Waals surface area contributed by atoms with Crippen LogP contribution in [0.1, 0.15) is 13.3 Å². The van der Waals surface area contributed by atoms with Gasteiger partial charge in [0.2, 0.25) is 5.91 Å². The molecule has 0 N–H and O–H groups in total. The summed E-state index contributed by atoms with van der Waals surface area (Å²) in [5.41, 5.74) is 0. The molecule has 66 valence electrons. The first kappa shape index (κ1) is 7.84. The lowest BCUT2D eigenvalue weighted by molar-refractivity contribution is -0.125. The number of rotatable bonds is 2. The number of likely N-dealkylation sites (tertiary alicyclic amines) is 1. The summed E-state index contributed by atoms with van der Waals surface area (Å²) in [4.78, 5) is 13.1. The quantitative estimate of drug-likeness (QED) is 0.564. The van der Waals surface area contributed by atoms with Crippen molar-refractivity contribution in [3.8, 4) is 0 Å². The zero-order valence-electron chi connectivity index (χ0n) is 7.49. The highest BCUT2D eigenvalue weighted by Gasteiger charge is 2.54. The number of hydrogen-bond acceptors (Lipinski definition) is 1. The second-order valence-corrected chi connectivity index (χ2v) is 3.85. The molecule has 2 nitrogen and oxygen atoms in total. The molecular weight excluding hydrogens is 150 g/mol. The Balaban J connectivity index is 1.89. The molecule has 1 amide bonds. The summed E-state index contributed by atoms with van der Waals surface area (Å²) in [6.45, 7) is 7.69. The van der Waals surface area contributed by atoms with Gasteiger partial charge in [-0.2, -0.15) is 0 Å². The fraction of sp³-hybridized carbons (Fsp3) is 0.700. The van der Waals surface area contributed by atoms with Gasteiger partial charge in [0, 0.05) is 13.1 Å². The van der Waals surface area contributed by atoms with Crippen molar-refractivity contribution in [3.63, 3.8) is 0 Å². The number of carbonyl (C=O) groups excluding carboxylic acids is 1. The standard InChI is InChI=1S/C10H15NO/c1-3-7-8-5-11(6-9(7)8)10(12)4-2/h4,7-9H,2-3,5-6H2,1H3. The molecule has 0 bridgehead atoms. The highest BCUT2D eigenvalue weighted by molar-refractivity contribution is 5.87. The number of hydrogen-bond donors (Lipinski definition) is 0. The molecule has 0 aromatic carbocycles. The molecule has 2 fully saturated rings. The molecule has 12 heavy (non-hydrogen) atoms. The maximum Gasteiger partial charge on any atom is 0.245 e. The van der Waals surface area contributed by atoms with Crippen LogP contribution in [0.3, 0.4) is 0 Å². The maximum absolute atomic E-state index is 11.2. The molecule has 0 spiro atoms. The van der Waals surface area contributed by atoms with Gasteiger partial charge in [0.05, 0.1) is 0 Å². The lowest BCUT2D eigenvalue weighted by Gasteiger charge is -2.17. The Hall–Kier alpha value is -0.790. The van der Waals surface area contributed by atoms with Crippen LogP contribution in [0.25, 0.3) is 0 Å². The van der Waals surface area contributed by atoms with Crippen LogP contribution in [0.2, 0.25) is 0 Å². The second kappa shape index (κ2) is 2.61. The minimum absolute atomic E-state index is 0.108. The van der Waals surface area contributed by atoms with E-state index in [1.54, 1.807) is 0 Å². The number of nitrogens with zero attached hydrogens (tertiary/aromatic N) is 1. The molecule has 2 aliphatic rings. The Morgan fingerprint density at radius 1 is 1.58 bits per heavy atom. The van der Waals surface area contributed by atoms with Crippen molar-refractivity contribution >= 4 is 5.91 Å². The number of amides is 1. The SMILES string of the molecule is C=CC(=O)N1CC2C(CC)C2C1. The largest absolute Gasteiger partial charge is 0.339 e. The van der Waals surface area contributed by atoms with Crippen molar-refractivity contribution < 1.29 is 4.79 Å². The van der Waals surface area contributed by atoms with Crippen LogP contribution in [-0.4, -0.2) is 23.9 Å². The summed E-state index contributed by atoms with van der Waals surface area (Å²) in [6.07, 6.45) is 2.71. The van der Waals surface area contributed by atoms with Crippen LogP contribution < -0.4 is 0 Å². The normalized spacial score (nSPS) is 37.8. The van der Waals surface area contributed by atoms with E-state index in [-0.39, 0.29) is 5.91 Å². The van der Waals surface area contributed by atoms with Crippen LogP contribution in [0.5, 0.6) is 0 Å². The summed E-state index contributed by atoms with van der Waals surface area (Å²) in [5, 5.41) is 0. The third-order valence-electron chi connectivity index (χ3n) is 3.33. The van der Waals surface area contributed by atoms with Gasteiger partial charge in [0.25, 0.3) is 0 Å². The summed E-state index contributed by atoms with van der Waals surface area (Å²) in [5.74, 6) is 2.66. The average Bonchev–Trinajstić information content (AvgIpc) is 2.56. The van der Waals surface area contributed by atoms with Gasteiger partial charge in [0.1, 0.15) is 0 Å². The highest BCUT2D eigenvalue weighted by Crippen LogP contribution is 2.53. The molecule has 0 aromatic rings. The lowest BCUT2D eigenvalue weighted by Crippen LogP contribution is -2.29. The maximum atomic E-state index is 11.2. The van der Waals surface area contributed by atoms with Gasteiger partial charge in [-0.3, -0.25) is 4.79 Å². The van der Waals surface area contributed by atoms with E-state index in [2.05, 4.69) is 13.5 Å². The van der Waals surface area contributed by atoms with Crippen molar-refractivity contribution in [3.05, 3.63) is 12.7 Å². The third kappa shape index (κ3) is 0.977. The van der Waals surface area contributed by atoms with Crippen molar-refractivity contribution in [2.45, 2.75) is 13.3 Å². The van der Waals surface area contributed by atoms with Gasteiger partial charge in [-0.25, -0.2) is 0 Å². The van der Waals surface area contributed by atoms with E-state index in [0.717, 1.165) is 30.8 Å². The average molecular weight is 165 g/mol. The van der Waals surface area contributed by atoms with Crippen molar-refractivity contribution in [1.29, 1.82) is 0 Å². The zero-order valence-corrected chi connectivity index (χ0v) is 7.49. The van der Waals surface area contributed by atoms with Crippen LogP contribution in [-0.2, 0) is 4.79 Å². The van der Waals surface area contributed by atoms with Gasteiger partial charge < -0.3 is 4.90 Å². The van der Waals surface area contributed by atoms with E-state index >= 15 is 0 Å². The van der Waals surface area contributed by atoms with E-state index in [9.17, 15) is 4.79 Å². The number of fused-ring (bicyclic) bond motifs is 1. The summed E-state index contributed by atoms with van der Waals surface area (Å²) < 4.78 is 0. The van der Waals surface area contributed by atoms with E-state index in [0.29, 0.717) is 0 Å². The Labute approximate surface area is 73.2 Å². The minimum Gasteiger partial charge on any atom is -0.339 e. The van der Waals surface area contributed by atoms with E-state index in [1.807, 2.05) is 4.90 Å². The first-order valence-electron chi connectivity index (χ1n) is 4.69. The zero-order chi connectivity index (χ0) is 8.72. The number of carbonyl (C=O) groups is 1. The predicted octanol–water partition coefficient (Wildman–Crippen LogP) is 1.29. The first-order valence-corrected chi connectivity index (χ1v) is 4.69. The molecule has 1 aliphatic heterocycles. The topological polar surface area (TPSA) is 20.3 Å². The Morgan fingerprint density at radius 3 is 2.58 bits per heavy atom. The van der Waals surface area contributed by atoms with Gasteiger partial charge in [-0.1, -0.05) is 19.9 Å². The van der Waals surface area contributed by atoms with E-state index in [1.165, 1.54) is 12.5 Å². The van der Waals surface area contributed by atoms with Crippen molar-refractivity contribution in [2.24, 2.45) is 17.8 Å². The fourth-order valence-electron chi connectivity index (χ4n) is 2.56. The molecule has 1 heterocycles. The lowest BCUT2D eigenvalue weighted by atomic mass is 10.2. The Morgan fingerprint density at radius 2 is 2.17 bits per heavy atom. The third-order valence-corrected chi connectivity index (χ3v) is 3.33. The summed E-state index contributed by atoms with van der Waals surface area (Å²) in [6, 6.07) is 0. The van der Waals surface area contributed by atoms with Gasteiger partial charge in [-0.05, 0) is 23.8 Å². The van der Waals surface area contributed by atoms with Gasteiger partial charge in [-0.15, -0.1) is 0 Å². The molecule has 2 unspecified atom stereocenters. The molecule has 1 saturated carbocycles. The molecule has 1 aliphatic carbocycles. The van der Waals surface area contributed by atoms with Crippen LogP contribution in [0.4, 0.5) is 0 Å². The van der Waals surface area contributed by atoms with E-state index < -0.39 is 0 Å². The summed E-state index contributed by atoms with van der Waals surface area (Å²) >= 11 is 0. The van der Waals surface area contributed by atoms with Gasteiger partial charge in [0.15, 0.2) is 0 Å². The first-order chi connectivity index (χ1) is 5.77. The fourth-order valence-corrected chi connectivity index (χ4v) is 2.56. The van der Waals surface area contributed by atoms with Crippen LogP contribution >= 0.6 is 0 Å². The highest BCUT2D eigenvalue weighted by atomic mass is 16.2. The minimum atomic E-state index is 0.108. The molecule has 1 saturated heterocycles. The van der Waals surface area contributed by atoms with Crippen LogP contribution in [0.15, 0.2) is 12.7 Å². The number of piperidine rings is 1. The van der Waals surface area contributed by atoms with Gasteiger partial charge >= 0.3 is 0 Å². The Bertz CT molecular complexity index is 212. The molecule has 2 rings (SSSR count). The second-order valence-electron chi connectivity index (χ2n) is 3.85. The monoisotopic (exact) mass is 165 g/mol. The molecule has 0 radical (unpaired) electrons. The Kier molecular flexibility index (Phi) is 1.71. The van der Waals surface area contributed by atoms with E-state index in [4.69, 9.17) is 0 Å². The molecule has 2 heteroatoms. The van der Waals surface area contributed by atoms with Crippen molar-refractivity contribution in [2.75, 3.05) is 13.1 Å². The molecule has 0 aromatic heterocycles.